The molecule has 148 valence electrons. The fourth-order valence-corrected chi connectivity index (χ4v) is 3.47. The second-order valence-electron chi connectivity index (χ2n) is 6.57. The number of nitrogens with one attached hydrogen (secondary N) is 1. The Kier molecular flexibility index (Phi) is 4.93. The van der Waals surface area contributed by atoms with Crippen LogP contribution in [0.3, 0.4) is 0 Å². The molecule has 0 bridgehead atoms. The lowest BCUT2D eigenvalue weighted by molar-refractivity contribution is -0.0900. The SMILES string of the molecule is NCCNCCN(N1C(=O)c2ccccc2C1=O)N1C(=O)c2ccccc2C1=O. The van der Waals surface area contributed by atoms with E-state index in [0.717, 1.165) is 15.1 Å². The van der Waals surface area contributed by atoms with Gasteiger partial charge in [-0.15, -0.1) is 5.12 Å². The Morgan fingerprint density at radius 2 is 1.07 bits per heavy atom. The number of nitrogens with zero attached hydrogens (tertiary/aromatic N) is 3. The van der Waals surface area contributed by atoms with Gasteiger partial charge in [0.25, 0.3) is 23.6 Å². The van der Waals surface area contributed by atoms with Crippen LogP contribution in [0.5, 0.6) is 0 Å². The summed E-state index contributed by atoms with van der Waals surface area (Å²) in [6, 6.07) is 12.8. The summed E-state index contributed by atoms with van der Waals surface area (Å²) in [7, 11) is 0. The number of hydrazine groups is 2. The second-order valence-corrected chi connectivity index (χ2v) is 6.57. The maximum Gasteiger partial charge on any atom is 0.277 e. The molecule has 2 aliphatic rings. The molecule has 2 aliphatic heterocycles. The highest BCUT2D eigenvalue weighted by Crippen LogP contribution is 2.29. The van der Waals surface area contributed by atoms with Gasteiger partial charge in [-0.2, -0.15) is 10.0 Å². The molecule has 4 rings (SSSR count). The maximum absolute atomic E-state index is 13.0. The van der Waals surface area contributed by atoms with Crippen LogP contribution in [-0.2, 0) is 0 Å². The van der Waals surface area contributed by atoms with Gasteiger partial charge in [0, 0.05) is 19.6 Å². The number of amides is 4. The molecule has 29 heavy (non-hydrogen) atoms. The Balaban J connectivity index is 1.70. The van der Waals surface area contributed by atoms with E-state index >= 15 is 0 Å². The molecule has 0 aromatic heterocycles. The minimum Gasteiger partial charge on any atom is -0.329 e. The summed E-state index contributed by atoms with van der Waals surface area (Å²) in [6.07, 6.45) is 0. The molecular formula is C20H19N5O4. The molecule has 0 saturated carbocycles. The van der Waals surface area contributed by atoms with Gasteiger partial charge in [-0.3, -0.25) is 19.2 Å². The lowest BCUT2D eigenvalue weighted by Crippen LogP contribution is -2.59. The molecule has 0 spiro atoms. The van der Waals surface area contributed by atoms with Crippen LogP contribution < -0.4 is 11.1 Å². The molecule has 0 unspecified atom stereocenters. The van der Waals surface area contributed by atoms with E-state index in [0.29, 0.717) is 19.6 Å². The van der Waals surface area contributed by atoms with Gasteiger partial charge in [0.1, 0.15) is 0 Å². The maximum atomic E-state index is 13.0. The summed E-state index contributed by atoms with van der Waals surface area (Å²) in [5.41, 5.74) is 6.40. The normalized spacial score (nSPS) is 15.5. The molecule has 4 amide bonds. The number of hydrogen-bond acceptors (Lipinski definition) is 7. The number of rotatable bonds is 7. The van der Waals surface area contributed by atoms with Gasteiger partial charge in [-0.1, -0.05) is 24.3 Å². The van der Waals surface area contributed by atoms with Crippen molar-refractivity contribution in [3.63, 3.8) is 0 Å². The Morgan fingerprint density at radius 3 is 1.41 bits per heavy atom. The third kappa shape index (κ3) is 3.01. The van der Waals surface area contributed by atoms with Crippen molar-refractivity contribution in [2.75, 3.05) is 26.2 Å². The van der Waals surface area contributed by atoms with Gasteiger partial charge < -0.3 is 11.1 Å². The van der Waals surface area contributed by atoms with Crippen molar-refractivity contribution in [1.29, 1.82) is 0 Å². The van der Waals surface area contributed by atoms with E-state index in [-0.39, 0.29) is 28.8 Å². The number of carbonyl (C=O) groups is 4. The Morgan fingerprint density at radius 1 is 0.690 bits per heavy atom. The molecule has 9 heteroatoms. The van der Waals surface area contributed by atoms with Crippen molar-refractivity contribution in [2.24, 2.45) is 5.73 Å². The molecule has 9 nitrogen and oxygen atoms in total. The molecule has 0 saturated heterocycles. The van der Waals surface area contributed by atoms with Crippen molar-refractivity contribution in [2.45, 2.75) is 0 Å². The van der Waals surface area contributed by atoms with E-state index < -0.39 is 23.6 Å². The summed E-state index contributed by atoms with van der Waals surface area (Å²) in [4.78, 5) is 51.8. The van der Waals surface area contributed by atoms with Crippen molar-refractivity contribution in [3.05, 3.63) is 70.8 Å². The highest BCUT2D eigenvalue weighted by Gasteiger charge is 2.47. The minimum absolute atomic E-state index is 0.0386. The van der Waals surface area contributed by atoms with E-state index in [1.54, 1.807) is 48.5 Å². The molecule has 0 radical (unpaired) electrons. The molecule has 0 aliphatic carbocycles. The topological polar surface area (TPSA) is 116 Å². The van der Waals surface area contributed by atoms with Crippen molar-refractivity contribution < 1.29 is 19.2 Å². The van der Waals surface area contributed by atoms with E-state index in [1.807, 2.05) is 0 Å². The van der Waals surface area contributed by atoms with Gasteiger partial charge >= 0.3 is 0 Å². The van der Waals surface area contributed by atoms with Crippen molar-refractivity contribution in [1.82, 2.24) is 20.5 Å². The van der Waals surface area contributed by atoms with E-state index in [1.165, 1.54) is 0 Å². The first-order valence-electron chi connectivity index (χ1n) is 9.20. The van der Waals surface area contributed by atoms with Crippen LogP contribution in [0.2, 0.25) is 0 Å². The largest absolute Gasteiger partial charge is 0.329 e. The number of benzene rings is 2. The predicted molar refractivity (Wildman–Crippen MR) is 103 cm³/mol. The summed E-state index contributed by atoms with van der Waals surface area (Å²) in [5, 5.41) is 5.89. The monoisotopic (exact) mass is 393 g/mol. The summed E-state index contributed by atoms with van der Waals surface area (Å²) in [5.74, 6) is -2.33. The first-order chi connectivity index (χ1) is 14.1. The molecule has 3 N–H and O–H groups in total. The van der Waals surface area contributed by atoms with Crippen molar-refractivity contribution >= 4 is 23.6 Å². The average Bonchev–Trinajstić information content (AvgIpc) is 3.14. The Hall–Kier alpha value is -3.40. The zero-order valence-electron chi connectivity index (χ0n) is 15.5. The van der Waals surface area contributed by atoms with Crippen molar-refractivity contribution in [3.8, 4) is 0 Å². The number of fused-ring (bicyclic) bond motifs is 2. The fraction of sp³-hybridized carbons (Fsp3) is 0.200. The number of nitrogens with two attached hydrogens (primary N) is 1. The zero-order valence-corrected chi connectivity index (χ0v) is 15.5. The van der Waals surface area contributed by atoms with Crippen LogP contribution in [0.4, 0.5) is 0 Å². The highest BCUT2D eigenvalue weighted by atomic mass is 16.2. The molecule has 0 fully saturated rings. The number of imide groups is 2. The Bertz CT molecular complexity index is 876. The van der Waals surface area contributed by atoms with Crippen LogP contribution in [0.15, 0.2) is 48.5 Å². The second kappa shape index (κ2) is 7.55. The van der Waals surface area contributed by atoms with Crippen LogP contribution in [-0.4, -0.2) is 64.9 Å². The minimum atomic E-state index is -0.582. The molecule has 2 aromatic rings. The summed E-state index contributed by atoms with van der Waals surface area (Å²) < 4.78 is 0. The molecular weight excluding hydrogens is 374 g/mol. The first kappa shape index (κ1) is 18.9. The molecule has 2 aromatic carbocycles. The highest BCUT2D eigenvalue weighted by molar-refractivity contribution is 6.23. The van der Waals surface area contributed by atoms with Gasteiger partial charge in [-0.05, 0) is 24.3 Å². The van der Waals surface area contributed by atoms with Gasteiger partial charge in [0.05, 0.1) is 28.8 Å². The van der Waals surface area contributed by atoms with E-state index in [9.17, 15) is 19.2 Å². The predicted octanol–water partition coefficient (Wildman–Crippen LogP) is 0.259. The van der Waals surface area contributed by atoms with Crippen LogP contribution >= 0.6 is 0 Å². The van der Waals surface area contributed by atoms with Crippen LogP contribution in [0.1, 0.15) is 41.4 Å². The van der Waals surface area contributed by atoms with Gasteiger partial charge in [0.2, 0.25) is 0 Å². The van der Waals surface area contributed by atoms with Gasteiger partial charge in [0.15, 0.2) is 0 Å². The summed E-state index contributed by atoms with van der Waals surface area (Å²) >= 11 is 0. The smallest absolute Gasteiger partial charge is 0.277 e. The third-order valence-electron chi connectivity index (χ3n) is 4.82. The van der Waals surface area contributed by atoms with E-state index in [2.05, 4.69) is 5.32 Å². The lowest BCUT2D eigenvalue weighted by atomic mass is 10.1. The summed E-state index contributed by atoms with van der Waals surface area (Å²) in [6.45, 7) is 1.26. The third-order valence-corrected chi connectivity index (χ3v) is 4.82. The standard InChI is InChI=1S/C20H19N5O4/c21-9-10-22-11-12-23(24-17(26)13-5-1-2-6-14(13)18(24)27)25-19(28)15-7-3-4-8-16(15)20(25)29/h1-8,22H,9-12,21H2. The quantitative estimate of drug-likeness (QED) is 0.512. The van der Waals surface area contributed by atoms with E-state index in [4.69, 9.17) is 5.73 Å². The fourth-order valence-electron chi connectivity index (χ4n) is 3.47. The van der Waals surface area contributed by atoms with Crippen LogP contribution in [0.25, 0.3) is 0 Å². The molecule has 2 heterocycles. The molecule has 0 atom stereocenters. The number of hydrogen-bond donors (Lipinski definition) is 2. The Labute approximate surface area is 166 Å². The lowest BCUT2D eigenvalue weighted by Gasteiger charge is -2.35. The van der Waals surface area contributed by atoms with Crippen LogP contribution in [0, 0.1) is 0 Å². The first-order valence-corrected chi connectivity index (χ1v) is 9.20. The average molecular weight is 393 g/mol. The van der Waals surface area contributed by atoms with Gasteiger partial charge in [-0.25, -0.2) is 0 Å². The number of carbonyl (C=O) groups excluding carboxylic acids is 4. The zero-order chi connectivity index (χ0) is 20.5.